The third-order valence-electron chi connectivity index (χ3n) is 14.9. The largest absolute Gasteiger partial charge is 0.507 e. The smallest absolute Gasteiger partial charge is 0.246 e. The van der Waals surface area contributed by atoms with Gasteiger partial charge in [0.25, 0.3) is 0 Å². The number of phenolic OH excluding ortho intramolecular Hbond substituents is 1. The Morgan fingerprint density at radius 1 is 0.800 bits per heavy atom. The SMILES string of the molecule is Cc1ncsc1-c1ccc([C@H](C)NC(=O)[C@@H]2CCCN2C(=O)[C@@H](NC(=O)CCCCCCCCC(=O)N2CCN(c3cccc(N4CCCC(Oc5cc(-c6ccccc6O)nnc5N)C4)c3)CC2)C(C)(C)C)cc1. The monoisotopic (exact) mass is 1040 g/mol. The van der Waals surface area contributed by atoms with Crippen molar-refractivity contribution in [3.8, 4) is 33.2 Å². The van der Waals surface area contributed by atoms with E-state index < -0.39 is 17.5 Å². The van der Waals surface area contributed by atoms with Gasteiger partial charge in [-0.05, 0) is 99.2 Å². The van der Waals surface area contributed by atoms with E-state index in [2.05, 4.69) is 72.0 Å². The summed E-state index contributed by atoms with van der Waals surface area (Å²) in [5.74, 6) is 0.452. The summed E-state index contributed by atoms with van der Waals surface area (Å²) in [5, 5.41) is 24.9. The van der Waals surface area contributed by atoms with Gasteiger partial charge in [-0.25, -0.2) is 4.98 Å². The Bertz CT molecular complexity index is 2740. The lowest BCUT2D eigenvalue weighted by Gasteiger charge is -2.38. The van der Waals surface area contributed by atoms with Gasteiger partial charge < -0.3 is 45.8 Å². The van der Waals surface area contributed by atoms with Gasteiger partial charge in [0.1, 0.15) is 29.6 Å². The standard InChI is InChI=1S/C58H76N10O6S/c1-39(41-25-27-42(28-26-41)53-40(2)60-38-75-53)61-56(72)48-21-16-30-68(48)57(73)54(58(3,4)5)62-51(70)23-10-8-6-7-9-11-24-52(71)66-33-31-65(32-34-66)43-17-14-18-44(35-43)67-29-15-19-45(37-67)74-50-36-47(63-64-55(50)59)46-20-12-13-22-49(46)69/h12-14,17-18,20,22,25-28,35-36,38-39,45,48,54,69H,6-11,15-16,19,21,23-24,29-34,37H2,1-5H3,(H2,59,64)(H,61,72)(H,62,70)/t39-,45?,48-,54+/m0/s1. The number of carbonyl (C=O) groups excluding carboxylic acids is 4. The second kappa shape index (κ2) is 25.2. The number of piperidine rings is 1. The van der Waals surface area contributed by atoms with Crippen molar-refractivity contribution < 1.29 is 29.0 Å². The number of ether oxygens (including phenoxy) is 1. The van der Waals surface area contributed by atoms with Crippen molar-refractivity contribution >= 4 is 52.2 Å². The lowest BCUT2D eigenvalue weighted by atomic mass is 9.85. The second-order valence-electron chi connectivity index (χ2n) is 21.5. The molecule has 4 amide bonds. The number of benzene rings is 3. The topological polar surface area (TPSA) is 199 Å². The van der Waals surface area contributed by atoms with Crippen LogP contribution in [0.5, 0.6) is 11.5 Å². The summed E-state index contributed by atoms with van der Waals surface area (Å²) in [5.41, 5.74) is 13.9. The molecule has 3 fully saturated rings. The molecule has 400 valence electrons. The number of aryl methyl sites for hydroxylation is 1. The Morgan fingerprint density at radius 3 is 2.20 bits per heavy atom. The third-order valence-corrected chi connectivity index (χ3v) is 15.9. The number of rotatable bonds is 20. The fourth-order valence-corrected chi connectivity index (χ4v) is 11.3. The number of amides is 4. The highest BCUT2D eigenvalue weighted by Crippen LogP contribution is 2.34. The minimum Gasteiger partial charge on any atom is -0.507 e. The molecule has 0 aliphatic carbocycles. The lowest BCUT2D eigenvalue weighted by Crippen LogP contribution is -2.57. The molecule has 1 unspecified atom stereocenters. The van der Waals surface area contributed by atoms with Crippen LogP contribution in [0.1, 0.15) is 122 Å². The number of anilines is 3. The number of phenols is 1. The van der Waals surface area contributed by atoms with E-state index in [1.165, 1.54) is 0 Å². The van der Waals surface area contributed by atoms with E-state index in [1.807, 2.05) is 63.2 Å². The number of piperazine rings is 1. The normalized spacial score (nSPS) is 17.9. The van der Waals surface area contributed by atoms with Crippen molar-refractivity contribution in [2.24, 2.45) is 5.41 Å². The van der Waals surface area contributed by atoms with E-state index in [-0.39, 0.29) is 47.3 Å². The van der Waals surface area contributed by atoms with Gasteiger partial charge in [-0.1, -0.05) is 88.9 Å². The molecule has 0 bridgehead atoms. The fraction of sp³-hybridized carbons (Fsp3) is 0.500. The number of hydrogen-bond donors (Lipinski definition) is 4. The third kappa shape index (κ3) is 14.1. The Labute approximate surface area is 446 Å². The van der Waals surface area contributed by atoms with Gasteiger partial charge in [-0.2, -0.15) is 0 Å². The van der Waals surface area contributed by atoms with Crippen LogP contribution in [0.25, 0.3) is 21.7 Å². The first-order chi connectivity index (χ1) is 36.1. The Balaban J connectivity index is 0.706. The van der Waals surface area contributed by atoms with Crippen molar-refractivity contribution in [1.82, 2.24) is 35.6 Å². The van der Waals surface area contributed by atoms with E-state index in [0.29, 0.717) is 62.4 Å². The first kappa shape index (κ1) is 54.5. The second-order valence-corrected chi connectivity index (χ2v) is 22.4. The van der Waals surface area contributed by atoms with Gasteiger partial charge in [0.05, 0.1) is 28.7 Å². The molecular weight excluding hydrogens is 965 g/mol. The molecule has 5 aromatic rings. The van der Waals surface area contributed by atoms with E-state index in [9.17, 15) is 24.3 Å². The number of carbonyl (C=O) groups is 4. The zero-order chi connectivity index (χ0) is 53.1. The minimum atomic E-state index is -0.752. The molecule has 2 aromatic heterocycles. The number of nitrogens with two attached hydrogens (primary N) is 1. The van der Waals surface area contributed by atoms with Crippen LogP contribution < -0.4 is 30.9 Å². The maximum atomic E-state index is 14.1. The number of para-hydroxylation sites is 1. The van der Waals surface area contributed by atoms with Crippen LogP contribution in [0, 0.1) is 12.3 Å². The van der Waals surface area contributed by atoms with Crippen LogP contribution in [0.2, 0.25) is 0 Å². The number of nitrogens with zero attached hydrogens (tertiary/aromatic N) is 7. The highest BCUT2D eigenvalue weighted by Gasteiger charge is 2.42. The van der Waals surface area contributed by atoms with Gasteiger partial charge in [0.2, 0.25) is 23.6 Å². The van der Waals surface area contributed by atoms with Crippen molar-refractivity contribution in [3.05, 3.63) is 95.6 Å². The van der Waals surface area contributed by atoms with Crippen LogP contribution in [0.4, 0.5) is 17.2 Å². The Morgan fingerprint density at radius 2 is 1.49 bits per heavy atom. The number of likely N-dealkylation sites (tertiary alicyclic amines) is 1. The number of thiazole rings is 1. The Kier molecular flexibility index (Phi) is 18.3. The minimum absolute atomic E-state index is 0.102. The maximum Gasteiger partial charge on any atom is 0.246 e. The molecule has 16 nitrogen and oxygen atoms in total. The van der Waals surface area contributed by atoms with E-state index in [1.54, 1.807) is 40.5 Å². The van der Waals surface area contributed by atoms with Gasteiger partial charge in [0.15, 0.2) is 11.6 Å². The molecule has 5 N–H and O–H groups in total. The summed E-state index contributed by atoms with van der Waals surface area (Å²) in [7, 11) is 0. The van der Waals surface area contributed by atoms with Crippen LogP contribution >= 0.6 is 11.3 Å². The van der Waals surface area contributed by atoms with Crippen molar-refractivity contribution in [2.45, 2.75) is 136 Å². The van der Waals surface area contributed by atoms with Crippen molar-refractivity contribution in [2.75, 3.05) is 61.3 Å². The highest BCUT2D eigenvalue weighted by molar-refractivity contribution is 7.13. The van der Waals surface area contributed by atoms with Gasteiger partial charge >= 0.3 is 0 Å². The molecule has 75 heavy (non-hydrogen) atoms. The summed E-state index contributed by atoms with van der Waals surface area (Å²) in [6.45, 7) is 14.8. The zero-order valence-corrected chi connectivity index (χ0v) is 45.2. The molecule has 0 saturated carbocycles. The van der Waals surface area contributed by atoms with Crippen molar-refractivity contribution in [3.63, 3.8) is 0 Å². The van der Waals surface area contributed by atoms with Gasteiger partial charge in [-0.15, -0.1) is 21.5 Å². The number of aromatic nitrogens is 3. The number of nitrogens with one attached hydrogen (secondary N) is 2. The summed E-state index contributed by atoms with van der Waals surface area (Å²) in [4.78, 5) is 68.2. The number of unbranched alkanes of at least 4 members (excludes halogenated alkanes) is 5. The molecule has 0 radical (unpaired) electrons. The number of hydrogen-bond acceptors (Lipinski definition) is 13. The zero-order valence-electron chi connectivity index (χ0n) is 44.4. The molecule has 0 spiro atoms. The maximum absolute atomic E-state index is 14.1. The average molecular weight is 1040 g/mol. The quantitative estimate of drug-likeness (QED) is 0.0540. The average Bonchev–Trinajstić information content (AvgIpc) is 4.09. The van der Waals surface area contributed by atoms with Crippen molar-refractivity contribution in [1.29, 1.82) is 0 Å². The first-order valence-electron chi connectivity index (χ1n) is 27.0. The molecule has 4 atom stereocenters. The molecular formula is C58H76N10O6S. The summed E-state index contributed by atoms with van der Waals surface area (Å²) >= 11 is 1.61. The molecule has 3 saturated heterocycles. The number of aromatic hydroxyl groups is 1. The van der Waals surface area contributed by atoms with E-state index in [4.69, 9.17) is 10.5 Å². The molecule has 17 heteroatoms. The van der Waals surface area contributed by atoms with E-state index >= 15 is 0 Å². The predicted octanol–water partition coefficient (Wildman–Crippen LogP) is 9.08. The van der Waals surface area contributed by atoms with Gasteiger partial charge in [-0.3, -0.25) is 19.2 Å². The molecule has 8 rings (SSSR count). The molecule has 3 aromatic carbocycles. The molecule has 5 heterocycles. The summed E-state index contributed by atoms with van der Waals surface area (Å²) in [6.07, 6.45) is 9.30. The number of nitrogen functional groups attached to an aromatic ring is 1. The fourth-order valence-electron chi connectivity index (χ4n) is 10.5. The van der Waals surface area contributed by atoms with E-state index in [0.717, 1.165) is 110 Å². The van der Waals surface area contributed by atoms with Crippen LogP contribution in [0.15, 0.2) is 84.4 Å². The predicted molar refractivity (Wildman–Crippen MR) is 297 cm³/mol. The van der Waals surface area contributed by atoms with Crippen LogP contribution in [0.3, 0.4) is 0 Å². The first-order valence-corrected chi connectivity index (χ1v) is 27.9. The molecule has 3 aliphatic heterocycles. The summed E-state index contributed by atoms with van der Waals surface area (Å²) < 4.78 is 6.42. The summed E-state index contributed by atoms with van der Waals surface area (Å²) in [6, 6.07) is 23.9. The highest BCUT2D eigenvalue weighted by atomic mass is 32.1. The van der Waals surface area contributed by atoms with Gasteiger partial charge in [0, 0.05) is 75.1 Å². The molecule has 3 aliphatic rings. The van der Waals surface area contributed by atoms with Crippen LogP contribution in [-0.4, -0.2) is 118 Å². The van der Waals surface area contributed by atoms with Crippen LogP contribution in [-0.2, 0) is 19.2 Å². The Hall–Kier alpha value is -6.75. The lowest BCUT2D eigenvalue weighted by molar-refractivity contribution is -0.144.